The summed E-state index contributed by atoms with van der Waals surface area (Å²) in [5, 5.41) is 5.11. The number of benzene rings is 2. The molecule has 0 N–H and O–H groups in total. The Balaban J connectivity index is 1.99. The van der Waals surface area contributed by atoms with Gasteiger partial charge in [0.05, 0.1) is 34.9 Å². The van der Waals surface area contributed by atoms with E-state index in [4.69, 9.17) is 25.8 Å². The smallest absolute Gasteiger partial charge is 0.344 e. The van der Waals surface area contributed by atoms with Crippen LogP contribution in [0, 0.1) is 0 Å². The molecule has 0 saturated heterocycles. The van der Waals surface area contributed by atoms with Crippen LogP contribution in [0.25, 0.3) is 10.9 Å². The maximum Gasteiger partial charge on any atom is 0.344 e. The molecule has 0 amide bonds. The van der Waals surface area contributed by atoms with E-state index in [2.05, 4.69) is 26.0 Å². The van der Waals surface area contributed by atoms with Crippen molar-refractivity contribution in [2.45, 2.75) is 46.6 Å². The van der Waals surface area contributed by atoms with Gasteiger partial charge in [-0.1, -0.05) is 41.4 Å². The summed E-state index contributed by atoms with van der Waals surface area (Å²) in [4.78, 5) is 29.7. The molecule has 186 valence electrons. The number of esters is 1. The van der Waals surface area contributed by atoms with E-state index in [1.165, 1.54) is 10.9 Å². The summed E-state index contributed by atoms with van der Waals surface area (Å²) in [5.41, 5.74) is 0.898. The zero-order chi connectivity index (χ0) is 25.7. The van der Waals surface area contributed by atoms with Crippen LogP contribution in [0.1, 0.15) is 51.9 Å². The molecule has 3 rings (SSSR count). The second kappa shape index (κ2) is 11.7. The zero-order valence-electron chi connectivity index (χ0n) is 20.2. The average molecular weight is 565 g/mol. The van der Waals surface area contributed by atoms with Gasteiger partial charge in [-0.05, 0) is 56.7 Å². The fourth-order valence-corrected chi connectivity index (χ4v) is 3.90. The van der Waals surface area contributed by atoms with Gasteiger partial charge in [0.1, 0.15) is 5.82 Å². The van der Waals surface area contributed by atoms with Crippen LogP contribution in [0.4, 0.5) is 0 Å². The Bertz CT molecular complexity index is 1320. The fraction of sp³-hybridized carbons (Fsp3) is 0.360. The Morgan fingerprint density at radius 1 is 1.20 bits per heavy atom. The minimum Gasteiger partial charge on any atom is -0.490 e. The van der Waals surface area contributed by atoms with Gasteiger partial charge in [-0.25, -0.2) is 9.78 Å². The van der Waals surface area contributed by atoms with Crippen LogP contribution in [0.5, 0.6) is 11.5 Å². The molecule has 0 radical (unpaired) electrons. The minimum atomic E-state index is -0.514. The van der Waals surface area contributed by atoms with Crippen molar-refractivity contribution in [2.24, 2.45) is 5.10 Å². The molecule has 0 aliphatic rings. The number of rotatable bonds is 9. The molecule has 0 unspecified atom stereocenters. The number of hydrogen-bond acceptors (Lipinski definition) is 7. The average Bonchev–Trinajstić information content (AvgIpc) is 2.77. The van der Waals surface area contributed by atoms with Crippen molar-refractivity contribution < 1.29 is 19.0 Å². The number of fused-ring (bicyclic) bond motifs is 1. The van der Waals surface area contributed by atoms with Crippen LogP contribution in [0.3, 0.4) is 0 Å². The Labute approximate surface area is 217 Å². The SMILES string of the molecule is CCOc1cc(C=Nn2c(C(C)C)nc3ccc(Br)cc3c2=O)cc(Cl)c1OCC(=O)OC(C)C. The summed E-state index contributed by atoms with van der Waals surface area (Å²) in [6, 6.07) is 8.65. The third kappa shape index (κ3) is 6.61. The molecule has 3 aromatic rings. The van der Waals surface area contributed by atoms with Gasteiger partial charge in [0.25, 0.3) is 5.56 Å². The normalized spacial score (nSPS) is 11.6. The molecule has 0 bridgehead atoms. The molecule has 0 aliphatic carbocycles. The van der Waals surface area contributed by atoms with Gasteiger partial charge in [0.15, 0.2) is 18.1 Å². The van der Waals surface area contributed by atoms with Crippen LogP contribution in [-0.2, 0) is 9.53 Å². The Morgan fingerprint density at radius 2 is 1.94 bits per heavy atom. The highest BCUT2D eigenvalue weighted by Gasteiger charge is 2.17. The first-order chi connectivity index (χ1) is 16.6. The molecule has 2 aromatic carbocycles. The summed E-state index contributed by atoms with van der Waals surface area (Å²) in [6.45, 7) is 9.26. The van der Waals surface area contributed by atoms with E-state index in [0.717, 1.165) is 4.47 Å². The zero-order valence-corrected chi connectivity index (χ0v) is 22.5. The van der Waals surface area contributed by atoms with E-state index in [9.17, 15) is 9.59 Å². The highest BCUT2D eigenvalue weighted by atomic mass is 79.9. The van der Waals surface area contributed by atoms with Crippen LogP contribution in [0.15, 0.2) is 44.7 Å². The van der Waals surface area contributed by atoms with Gasteiger partial charge in [-0.2, -0.15) is 9.78 Å². The van der Waals surface area contributed by atoms with Gasteiger partial charge in [-0.15, -0.1) is 0 Å². The molecule has 0 saturated carbocycles. The molecule has 1 aromatic heterocycles. The summed E-state index contributed by atoms with van der Waals surface area (Å²) < 4.78 is 18.4. The molecular formula is C25H27BrClN3O5. The van der Waals surface area contributed by atoms with E-state index >= 15 is 0 Å². The standard InChI is InChI=1S/C25H27BrClN3O5/c1-6-33-21-10-16(9-19(27)23(21)34-13-22(31)35-15(4)5)12-28-30-24(14(2)3)29-20-8-7-17(26)11-18(20)25(30)32/h7-12,14-15H,6,13H2,1-5H3. The summed E-state index contributed by atoms with van der Waals surface area (Å²) in [7, 11) is 0. The van der Waals surface area contributed by atoms with E-state index < -0.39 is 5.97 Å². The van der Waals surface area contributed by atoms with E-state index in [1.807, 2.05) is 26.8 Å². The minimum absolute atomic E-state index is 0.0446. The lowest BCUT2D eigenvalue weighted by atomic mass is 10.2. The van der Waals surface area contributed by atoms with Crippen LogP contribution < -0.4 is 15.0 Å². The van der Waals surface area contributed by atoms with Gasteiger partial charge >= 0.3 is 5.97 Å². The summed E-state index contributed by atoms with van der Waals surface area (Å²) in [5.74, 6) is 0.539. The van der Waals surface area contributed by atoms with Gasteiger partial charge in [0, 0.05) is 10.4 Å². The van der Waals surface area contributed by atoms with Crippen molar-refractivity contribution in [3.05, 3.63) is 61.6 Å². The van der Waals surface area contributed by atoms with Crippen molar-refractivity contribution in [1.29, 1.82) is 0 Å². The molecule has 0 spiro atoms. The molecule has 35 heavy (non-hydrogen) atoms. The number of ether oxygens (including phenoxy) is 3. The van der Waals surface area contributed by atoms with Gasteiger partial charge in [0.2, 0.25) is 0 Å². The third-order valence-electron chi connectivity index (χ3n) is 4.71. The predicted molar refractivity (Wildman–Crippen MR) is 140 cm³/mol. The quantitative estimate of drug-likeness (QED) is 0.250. The second-order valence-corrected chi connectivity index (χ2v) is 9.56. The number of carbonyl (C=O) groups excluding carboxylic acids is 1. The molecule has 8 nitrogen and oxygen atoms in total. The molecular weight excluding hydrogens is 538 g/mol. The molecule has 10 heteroatoms. The lowest BCUT2D eigenvalue weighted by Gasteiger charge is -2.15. The maximum absolute atomic E-state index is 13.2. The summed E-state index contributed by atoms with van der Waals surface area (Å²) in [6.07, 6.45) is 1.25. The number of carbonyl (C=O) groups is 1. The van der Waals surface area contributed by atoms with E-state index in [0.29, 0.717) is 34.6 Å². The number of nitrogens with zero attached hydrogens (tertiary/aromatic N) is 3. The number of halogens is 2. The van der Waals surface area contributed by atoms with E-state index in [-0.39, 0.29) is 35.0 Å². The maximum atomic E-state index is 13.2. The van der Waals surface area contributed by atoms with E-state index in [1.54, 1.807) is 38.1 Å². The highest BCUT2D eigenvalue weighted by molar-refractivity contribution is 9.10. The first-order valence-corrected chi connectivity index (χ1v) is 12.3. The second-order valence-electron chi connectivity index (χ2n) is 8.24. The molecule has 1 heterocycles. The van der Waals surface area contributed by atoms with Gasteiger partial charge < -0.3 is 14.2 Å². The van der Waals surface area contributed by atoms with Crippen LogP contribution in [-0.4, -0.2) is 41.2 Å². The number of hydrogen-bond donors (Lipinski definition) is 0. The fourth-order valence-electron chi connectivity index (χ4n) is 3.27. The Kier molecular flexibility index (Phi) is 8.91. The Morgan fingerprint density at radius 3 is 2.60 bits per heavy atom. The Hall–Kier alpha value is -2.91. The lowest BCUT2D eigenvalue weighted by molar-refractivity contribution is -0.149. The van der Waals surface area contributed by atoms with Crippen molar-refractivity contribution in [1.82, 2.24) is 9.66 Å². The van der Waals surface area contributed by atoms with Crippen molar-refractivity contribution >= 4 is 50.6 Å². The predicted octanol–water partition coefficient (Wildman–Crippen LogP) is 5.55. The largest absolute Gasteiger partial charge is 0.490 e. The topological polar surface area (TPSA) is 92.0 Å². The highest BCUT2D eigenvalue weighted by Crippen LogP contribution is 2.36. The summed E-state index contributed by atoms with van der Waals surface area (Å²) >= 11 is 9.85. The first-order valence-electron chi connectivity index (χ1n) is 11.2. The van der Waals surface area contributed by atoms with Gasteiger partial charge in [-0.3, -0.25) is 4.79 Å². The molecule has 0 aliphatic heterocycles. The number of aromatic nitrogens is 2. The van der Waals surface area contributed by atoms with Crippen LogP contribution in [0.2, 0.25) is 5.02 Å². The van der Waals surface area contributed by atoms with Crippen molar-refractivity contribution in [3.8, 4) is 11.5 Å². The third-order valence-corrected chi connectivity index (χ3v) is 5.48. The first kappa shape index (κ1) is 26.7. The van der Waals surface area contributed by atoms with Crippen molar-refractivity contribution in [3.63, 3.8) is 0 Å². The monoisotopic (exact) mass is 563 g/mol. The molecule has 0 fully saturated rings. The van der Waals surface area contributed by atoms with Crippen LogP contribution >= 0.6 is 27.5 Å². The molecule has 0 atom stereocenters. The van der Waals surface area contributed by atoms with Crippen molar-refractivity contribution in [2.75, 3.05) is 13.2 Å². The lowest BCUT2D eigenvalue weighted by Crippen LogP contribution is -2.23.